The van der Waals surface area contributed by atoms with Gasteiger partial charge in [0, 0.05) is 16.9 Å². The molecule has 4 rings (SSSR count). The number of nitrogens with zero attached hydrogens (tertiary/aromatic N) is 1. The van der Waals surface area contributed by atoms with Crippen LogP contribution in [0.5, 0.6) is 0 Å². The number of nitrogens with one attached hydrogen (secondary N) is 2. The Morgan fingerprint density at radius 2 is 1.74 bits per heavy atom. The van der Waals surface area contributed by atoms with Crippen LogP contribution in [-0.2, 0) is 0 Å². The summed E-state index contributed by atoms with van der Waals surface area (Å²) in [6.07, 6.45) is 0. The molecule has 0 spiro atoms. The minimum atomic E-state index is -0.234. The van der Waals surface area contributed by atoms with Crippen molar-refractivity contribution in [3.63, 3.8) is 0 Å². The van der Waals surface area contributed by atoms with Crippen LogP contribution in [0.15, 0.2) is 60.0 Å². The van der Waals surface area contributed by atoms with E-state index in [0.717, 1.165) is 15.2 Å². The normalized spacial score (nSPS) is 10.7. The van der Waals surface area contributed by atoms with Crippen LogP contribution in [0.3, 0.4) is 0 Å². The van der Waals surface area contributed by atoms with Crippen molar-refractivity contribution in [3.05, 3.63) is 75.4 Å². The average Bonchev–Trinajstić information content (AvgIpc) is 3.30. The minimum Gasteiger partial charge on any atom is -0.322 e. The number of rotatable bonds is 4. The predicted molar refractivity (Wildman–Crippen MR) is 111 cm³/mol. The van der Waals surface area contributed by atoms with Gasteiger partial charge >= 0.3 is 0 Å². The lowest BCUT2D eigenvalue weighted by atomic mass is 10.1. The summed E-state index contributed by atoms with van der Waals surface area (Å²) in [6, 6.07) is 16.1. The van der Waals surface area contributed by atoms with Gasteiger partial charge < -0.3 is 10.6 Å². The molecule has 2 amide bonds. The molecule has 0 aliphatic rings. The van der Waals surface area contributed by atoms with Crippen LogP contribution in [0, 0.1) is 6.92 Å². The van der Waals surface area contributed by atoms with Crippen LogP contribution in [0.2, 0.25) is 0 Å². The molecular formula is C20H15N3O2S2. The van der Waals surface area contributed by atoms with E-state index >= 15 is 0 Å². The first-order valence-corrected chi connectivity index (χ1v) is 9.91. The lowest BCUT2D eigenvalue weighted by Gasteiger charge is -2.08. The molecule has 134 valence electrons. The Morgan fingerprint density at radius 1 is 0.926 bits per heavy atom. The van der Waals surface area contributed by atoms with E-state index in [-0.39, 0.29) is 11.8 Å². The Kier molecular flexibility index (Phi) is 4.70. The quantitative estimate of drug-likeness (QED) is 0.502. The van der Waals surface area contributed by atoms with Gasteiger partial charge in [0.2, 0.25) is 0 Å². The van der Waals surface area contributed by atoms with Crippen LogP contribution in [0.4, 0.5) is 11.4 Å². The molecule has 0 radical (unpaired) electrons. The summed E-state index contributed by atoms with van der Waals surface area (Å²) in [5.74, 6) is -0.420. The molecular weight excluding hydrogens is 378 g/mol. The second kappa shape index (κ2) is 7.30. The summed E-state index contributed by atoms with van der Waals surface area (Å²) >= 11 is 2.96. The molecule has 0 aliphatic carbocycles. The number of anilines is 2. The molecule has 2 heterocycles. The number of hydrogen-bond acceptors (Lipinski definition) is 5. The van der Waals surface area contributed by atoms with Gasteiger partial charge in [-0.05, 0) is 54.8 Å². The predicted octanol–water partition coefficient (Wildman–Crippen LogP) is 5.17. The van der Waals surface area contributed by atoms with E-state index in [1.807, 2.05) is 36.6 Å². The Hall–Kier alpha value is -3.03. The maximum absolute atomic E-state index is 12.6. The average molecular weight is 393 g/mol. The Balaban J connectivity index is 1.50. The fraction of sp³-hybridized carbons (Fsp3) is 0.0500. The van der Waals surface area contributed by atoms with Gasteiger partial charge in [-0.2, -0.15) is 0 Å². The van der Waals surface area contributed by atoms with Gasteiger partial charge in [0.1, 0.15) is 0 Å². The maximum Gasteiger partial charge on any atom is 0.265 e. The van der Waals surface area contributed by atoms with Gasteiger partial charge in [-0.1, -0.05) is 12.1 Å². The van der Waals surface area contributed by atoms with E-state index in [4.69, 9.17) is 0 Å². The van der Waals surface area contributed by atoms with Gasteiger partial charge in [0.05, 0.1) is 20.1 Å². The maximum atomic E-state index is 12.6. The third-order valence-electron chi connectivity index (χ3n) is 3.88. The summed E-state index contributed by atoms with van der Waals surface area (Å²) in [4.78, 5) is 29.8. The molecule has 2 N–H and O–H groups in total. The summed E-state index contributed by atoms with van der Waals surface area (Å²) in [6.45, 7) is 1.96. The highest BCUT2D eigenvalue weighted by Gasteiger charge is 2.11. The number of thiophene rings is 1. The van der Waals surface area contributed by atoms with Crippen molar-refractivity contribution in [3.8, 4) is 0 Å². The molecule has 0 atom stereocenters. The number of benzene rings is 2. The molecule has 4 aromatic rings. The van der Waals surface area contributed by atoms with E-state index in [9.17, 15) is 9.59 Å². The van der Waals surface area contributed by atoms with Gasteiger partial charge in [-0.25, -0.2) is 4.98 Å². The van der Waals surface area contributed by atoms with E-state index < -0.39 is 0 Å². The fourth-order valence-electron chi connectivity index (χ4n) is 2.66. The topological polar surface area (TPSA) is 71.1 Å². The standard InChI is InChI=1S/C20H15N3O2S2/c1-12-21-16-8-7-15(11-18(16)27-12)22-19(24)13-4-2-5-14(10-13)23-20(25)17-6-3-9-26-17/h2-11H,1H3,(H,22,24)(H,23,25). The summed E-state index contributed by atoms with van der Waals surface area (Å²) in [5.41, 5.74) is 2.69. The van der Waals surface area contributed by atoms with Crippen molar-refractivity contribution >= 4 is 56.1 Å². The number of carbonyl (C=O) groups excluding carboxylic acids is 2. The molecule has 27 heavy (non-hydrogen) atoms. The molecule has 7 heteroatoms. The molecule has 2 aromatic carbocycles. The van der Waals surface area contributed by atoms with E-state index in [1.54, 1.807) is 41.7 Å². The number of aryl methyl sites for hydroxylation is 1. The zero-order chi connectivity index (χ0) is 18.8. The van der Waals surface area contributed by atoms with Crippen LogP contribution >= 0.6 is 22.7 Å². The van der Waals surface area contributed by atoms with Gasteiger partial charge in [-0.3, -0.25) is 9.59 Å². The highest BCUT2D eigenvalue weighted by atomic mass is 32.1. The minimum absolute atomic E-state index is 0.187. The smallest absolute Gasteiger partial charge is 0.265 e. The molecule has 0 saturated carbocycles. The monoisotopic (exact) mass is 393 g/mol. The molecule has 0 fully saturated rings. The van der Waals surface area contributed by atoms with E-state index in [1.165, 1.54) is 11.3 Å². The number of fused-ring (bicyclic) bond motifs is 1. The zero-order valence-electron chi connectivity index (χ0n) is 14.4. The number of aromatic nitrogens is 1. The number of thiazole rings is 1. The van der Waals surface area contributed by atoms with Crippen LogP contribution < -0.4 is 10.6 Å². The number of amides is 2. The van der Waals surface area contributed by atoms with E-state index in [0.29, 0.717) is 21.8 Å². The first-order chi connectivity index (χ1) is 13.1. The molecule has 0 unspecified atom stereocenters. The van der Waals surface area contributed by atoms with Crippen molar-refractivity contribution in [2.24, 2.45) is 0 Å². The largest absolute Gasteiger partial charge is 0.322 e. The third-order valence-corrected chi connectivity index (χ3v) is 5.68. The van der Waals surface area contributed by atoms with Crippen molar-refractivity contribution < 1.29 is 9.59 Å². The number of carbonyl (C=O) groups is 2. The summed E-state index contributed by atoms with van der Waals surface area (Å²) in [5, 5.41) is 8.55. The number of hydrogen-bond donors (Lipinski definition) is 2. The second-order valence-corrected chi connectivity index (χ2v) is 8.06. The highest BCUT2D eigenvalue weighted by Crippen LogP contribution is 2.25. The van der Waals surface area contributed by atoms with Crippen molar-refractivity contribution in [1.82, 2.24) is 4.98 Å². The van der Waals surface area contributed by atoms with E-state index in [2.05, 4.69) is 15.6 Å². The Bertz CT molecular complexity index is 1130. The molecule has 5 nitrogen and oxygen atoms in total. The first-order valence-electron chi connectivity index (χ1n) is 8.22. The SMILES string of the molecule is Cc1nc2ccc(NC(=O)c3cccc(NC(=O)c4cccs4)c3)cc2s1. The van der Waals surface area contributed by atoms with Gasteiger partial charge in [0.25, 0.3) is 11.8 Å². The molecule has 2 aromatic heterocycles. The Labute approximate surface area is 163 Å². The zero-order valence-corrected chi connectivity index (χ0v) is 16.0. The van der Waals surface area contributed by atoms with Crippen molar-refractivity contribution in [1.29, 1.82) is 0 Å². The highest BCUT2D eigenvalue weighted by molar-refractivity contribution is 7.18. The van der Waals surface area contributed by atoms with Crippen LogP contribution in [-0.4, -0.2) is 16.8 Å². The van der Waals surface area contributed by atoms with Crippen LogP contribution in [0.25, 0.3) is 10.2 Å². The van der Waals surface area contributed by atoms with Gasteiger partial charge in [-0.15, -0.1) is 22.7 Å². The van der Waals surface area contributed by atoms with Gasteiger partial charge in [0.15, 0.2) is 0 Å². The van der Waals surface area contributed by atoms with Crippen molar-refractivity contribution in [2.75, 3.05) is 10.6 Å². The lowest BCUT2D eigenvalue weighted by molar-refractivity contribution is 0.101. The van der Waals surface area contributed by atoms with Crippen LogP contribution in [0.1, 0.15) is 25.0 Å². The fourth-order valence-corrected chi connectivity index (χ4v) is 4.14. The third kappa shape index (κ3) is 3.89. The van der Waals surface area contributed by atoms with Crippen molar-refractivity contribution in [2.45, 2.75) is 6.92 Å². The molecule has 0 aliphatic heterocycles. The second-order valence-electron chi connectivity index (χ2n) is 5.88. The lowest BCUT2D eigenvalue weighted by Crippen LogP contribution is -2.14. The summed E-state index contributed by atoms with van der Waals surface area (Å²) < 4.78 is 1.03. The first kappa shape index (κ1) is 17.4. The Morgan fingerprint density at radius 3 is 2.56 bits per heavy atom. The summed E-state index contributed by atoms with van der Waals surface area (Å²) in [7, 11) is 0. The molecule has 0 saturated heterocycles. The molecule has 0 bridgehead atoms.